The Morgan fingerprint density at radius 1 is 1.69 bits per heavy atom. The molecule has 1 aliphatic rings. The molecule has 1 rings (SSSR count). The molecule has 0 aliphatic carbocycles. The molecule has 1 unspecified atom stereocenters. The van der Waals surface area contributed by atoms with Crippen molar-refractivity contribution in [2.24, 2.45) is 4.99 Å². The first-order valence-electron chi connectivity index (χ1n) is 4.16. The number of hydrogen-bond acceptors (Lipinski definition) is 3. The Bertz CT molecular complexity index is 294. The van der Waals surface area contributed by atoms with E-state index in [2.05, 4.69) is 10.3 Å². The van der Waals surface area contributed by atoms with Crippen molar-refractivity contribution in [1.29, 1.82) is 0 Å². The third-order valence-electron chi connectivity index (χ3n) is 2.25. The van der Waals surface area contributed by atoms with Crippen LogP contribution in [0.3, 0.4) is 0 Å². The van der Waals surface area contributed by atoms with Crippen LogP contribution in [-0.2, 0) is 4.79 Å². The smallest absolute Gasteiger partial charge is 0.306 e. The summed E-state index contributed by atoms with van der Waals surface area (Å²) in [6, 6.07) is 0. The molecule has 0 spiro atoms. The summed E-state index contributed by atoms with van der Waals surface area (Å²) < 4.78 is 0. The lowest BCUT2D eigenvalue weighted by Crippen LogP contribution is -2.49. The zero-order chi connectivity index (χ0) is 10.1. The van der Waals surface area contributed by atoms with Crippen molar-refractivity contribution in [1.82, 2.24) is 5.32 Å². The molecule has 72 valence electrons. The summed E-state index contributed by atoms with van der Waals surface area (Å²) in [5.41, 5.74) is 1.15. The number of rotatable bonds is 2. The summed E-state index contributed by atoms with van der Waals surface area (Å²) in [4.78, 5) is 14.8. The standard InChI is InChI=1S/C9H14N2O2/c1-6-5-10-9(3,4-8(12)13)7(2)11-6/h5,10H,4H2,1-3H3,(H,12,13). The maximum atomic E-state index is 10.6. The highest BCUT2D eigenvalue weighted by Gasteiger charge is 2.31. The third-order valence-corrected chi connectivity index (χ3v) is 2.25. The van der Waals surface area contributed by atoms with Crippen molar-refractivity contribution in [3.8, 4) is 0 Å². The number of hydrogen-bond donors (Lipinski definition) is 2. The average Bonchev–Trinajstić information content (AvgIpc) is 1.97. The number of nitrogens with zero attached hydrogens (tertiary/aromatic N) is 1. The van der Waals surface area contributed by atoms with E-state index in [0.29, 0.717) is 0 Å². The number of allylic oxidation sites excluding steroid dienone is 1. The molecule has 4 heteroatoms. The van der Waals surface area contributed by atoms with Crippen LogP contribution in [0.1, 0.15) is 27.2 Å². The first kappa shape index (κ1) is 9.77. The number of aliphatic carboxylic acids is 1. The number of carboxylic acid groups (broad SMARTS) is 1. The van der Waals surface area contributed by atoms with Gasteiger partial charge in [-0.3, -0.25) is 9.79 Å². The quantitative estimate of drug-likeness (QED) is 0.673. The topological polar surface area (TPSA) is 61.7 Å². The fourth-order valence-corrected chi connectivity index (χ4v) is 1.27. The van der Waals surface area contributed by atoms with Gasteiger partial charge in [0, 0.05) is 11.9 Å². The second-order valence-electron chi connectivity index (χ2n) is 3.53. The molecule has 2 N–H and O–H groups in total. The number of nitrogens with one attached hydrogen (secondary N) is 1. The molecule has 0 bridgehead atoms. The minimum absolute atomic E-state index is 0.0477. The Hall–Kier alpha value is -1.32. The molecule has 0 radical (unpaired) electrons. The van der Waals surface area contributed by atoms with Crippen molar-refractivity contribution in [3.05, 3.63) is 11.9 Å². The summed E-state index contributed by atoms with van der Waals surface area (Å²) in [5, 5.41) is 11.8. The highest BCUT2D eigenvalue weighted by Crippen LogP contribution is 2.18. The van der Waals surface area contributed by atoms with Gasteiger partial charge in [-0.25, -0.2) is 0 Å². The van der Waals surface area contributed by atoms with Gasteiger partial charge in [0.2, 0.25) is 0 Å². The Balaban J connectivity index is 2.84. The molecule has 1 atom stereocenters. The van der Waals surface area contributed by atoms with Gasteiger partial charge in [-0.05, 0) is 20.8 Å². The second kappa shape index (κ2) is 3.20. The van der Waals surface area contributed by atoms with Crippen LogP contribution >= 0.6 is 0 Å². The largest absolute Gasteiger partial charge is 0.481 e. The lowest BCUT2D eigenvalue weighted by molar-refractivity contribution is -0.137. The first-order chi connectivity index (χ1) is 5.94. The SMILES string of the molecule is CC1=CNC(C)(CC(=O)O)C(C)=N1. The van der Waals surface area contributed by atoms with Gasteiger partial charge in [0.05, 0.1) is 17.7 Å². The molecular weight excluding hydrogens is 168 g/mol. The van der Waals surface area contributed by atoms with Crippen LogP contribution in [0, 0.1) is 0 Å². The van der Waals surface area contributed by atoms with Crippen molar-refractivity contribution >= 4 is 11.7 Å². The molecule has 0 aromatic carbocycles. The molecule has 4 nitrogen and oxygen atoms in total. The Kier molecular flexibility index (Phi) is 2.40. The monoisotopic (exact) mass is 182 g/mol. The summed E-state index contributed by atoms with van der Waals surface area (Å²) in [5.74, 6) is -0.822. The van der Waals surface area contributed by atoms with E-state index in [0.717, 1.165) is 11.4 Å². The van der Waals surface area contributed by atoms with Gasteiger partial charge in [-0.1, -0.05) is 0 Å². The summed E-state index contributed by atoms with van der Waals surface area (Å²) in [6.07, 6.45) is 1.79. The summed E-state index contributed by atoms with van der Waals surface area (Å²) >= 11 is 0. The predicted octanol–water partition coefficient (Wildman–Crippen LogP) is 1.15. The Morgan fingerprint density at radius 2 is 2.31 bits per heavy atom. The van der Waals surface area contributed by atoms with Crippen LogP contribution in [-0.4, -0.2) is 22.3 Å². The fraction of sp³-hybridized carbons (Fsp3) is 0.556. The molecule has 0 aromatic rings. The van der Waals surface area contributed by atoms with Crippen molar-refractivity contribution in [2.45, 2.75) is 32.7 Å². The van der Waals surface area contributed by atoms with E-state index < -0.39 is 11.5 Å². The van der Waals surface area contributed by atoms with E-state index in [9.17, 15) is 4.79 Å². The maximum absolute atomic E-state index is 10.6. The van der Waals surface area contributed by atoms with Crippen LogP contribution in [0.2, 0.25) is 0 Å². The molecule has 0 saturated heterocycles. The van der Waals surface area contributed by atoms with Crippen LogP contribution in [0.5, 0.6) is 0 Å². The molecule has 0 aromatic heterocycles. The van der Waals surface area contributed by atoms with Gasteiger partial charge >= 0.3 is 5.97 Å². The van der Waals surface area contributed by atoms with E-state index in [4.69, 9.17) is 5.11 Å². The third kappa shape index (κ3) is 2.08. The van der Waals surface area contributed by atoms with Crippen molar-refractivity contribution < 1.29 is 9.90 Å². The molecular formula is C9H14N2O2. The Labute approximate surface area is 77.4 Å². The highest BCUT2D eigenvalue weighted by atomic mass is 16.4. The normalized spacial score (nSPS) is 27.3. The lowest BCUT2D eigenvalue weighted by atomic mass is 9.91. The second-order valence-corrected chi connectivity index (χ2v) is 3.53. The maximum Gasteiger partial charge on any atom is 0.306 e. The zero-order valence-corrected chi connectivity index (χ0v) is 8.09. The van der Waals surface area contributed by atoms with Gasteiger partial charge in [-0.15, -0.1) is 0 Å². The van der Waals surface area contributed by atoms with E-state index >= 15 is 0 Å². The van der Waals surface area contributed by atoms with E-state index in [1.165, 1.54) is 0 Å². The molecule has 0 fully saturated rings. The van der Waals surface area contributed by atoms with Gasteiger partial charge in [0.25, 0.3) is 0 Å². The molecule has 0 amide bonds. The zero-order valence-electron chi connectivity index (χ0n) is 8.09. The predicted molar refractivity (Wildman–Crippen MR) is 50.7 cm³/mol. The highest BCUT2D eigenvalue weighted by molar-refractivity contribution is 5.95. The van der Waals surface area contributed by atoms with Crippen molar-refractivity contribution in [3.63, 3.8) is 0 Å². The first-order valence-corrected chi connectivity index (χ1v) is 4.16. The number of aliphatic imine (C=N–C) groups is 1. The minimum atomic E-state index is -0.822. The summed E-state index contributed by atoms with van der Waals surface area (Å²) in [6.45, 7) is 5.55. The number of carboxylic acids is 1. The van der Waals surface area contributed by atoms with Crippen LogP contribution in [0.25, 0.3) is 0 Å². The lowest BCUT2D eigenvalue weighted by Gasteiger charge is -2.31. The summed E-state index contributed by atoms with van der Waals surface area (Å²) in [7, 11) is 0. The van der Waals surface area contributed by atoms with E-state index in [1.807, 2.05) is 20.8 Å². The van der Waals surface area contributed by atoms with Crippen LogP contribution in [0.15, 0.2) is 16.9 Å². The van der Waals surface area contributed by atoms with Crippen LogP contribution in [0.4, 0.5) is 0 Å². The van der Waals surface area contributed by atoms with Gasteiger partial charge in [0.15, 0.2) is 0 Å². The van der Waals surface area contributed by atoms with E-state index in [-0.39, 0.29) is 6.42 Å². The number of carbonyl (C=O) groups is 1. The van der Waals surface area contributed by atoms with Crippen molar-refractivity contribution in [2.75, 3.05) is 0 Å². The van der Waals surface area contributed by atoms with Gasteiger partial charge in [-0.2, -0.15) is 0 Å². The molecule has 1 heterocycles. The van der Waals surface area contributed by atoms with Crippen LogP contribution < -0.4 is 5.32 Å². The molecule has 0 saturated carbocycles. The average molecular weight is 182 g/mol. The fourth-order valence-electron chi connectivity index (χ4n) is 1.27. The molecule has 1 aliphatic heterocycles. The Morgan fingerprint density at radius 3 is 2.77 bits per heavy atom. The van der Waals surface area contributed by atoms with Gasteiger partial charge in [0.1, 0.15) is 0 Å². The minimum Gasteiger partial charge on any atom is -0.481 e. The van der Waals surface area contributed by atoms with Gasteiger partial charge < -0.3 is 10.4 Å². The molecule has 13 heavy (non-hydrogen) atoms. The van der Waals surface area contributed by atoms with E-state index in [1.54, 1.807) is 6.20 Å².